The molecule has 4 rings (SSSR count). The van der Waals surface area contributed by atoms with Crippen LogP contribution >= 0.6 is 0 Å². The van der Waals surface area contributed by atoms with E-state index >= 15 is 0 Å². The van der Waals surface area contributed by atoms with Gasteiger partial charge in [-0.3, -0.25) is 4.98 Å². The summed E-state index contributed by atoms with van der Waals surface area (Å²) in [5.41, 5.74) is 8.07. The van der Waals surface area contributed by atoms with Crippen LogP contribution in [0.15, 0.2) is 55.0 Å². The zero-order chi connectivity index (χ0) is 17.4. The first-order valence-electron chi connectivity index (χ1n) is 8.06. The molecule has 1 N–H and O–H groups in total. The number of pyridine rings is 2. The van der Waals surface area contributed by atoms with Gasteiger partial charge < -0.3 is 4.98 Å². The van der Waals surface area contributed by atoms with Gasteiger partial charge in [-0.05, 0) is 60.9 Å². The number of nitrogens with one attached hydrogen (secondary N) is 1. The highest BCUT2D eigenvalue weighted by Crippen LogP contribution is 2.30. The van der Waals surface area contributed by atoms with Crippen LogP contribution < -0.4 is 0 Å². The molecule has 120 valence electrons. The number of aromatic nitrogens is 3. The molecule has 0 fully saturated rings. The molecular weight excluding hydrogens is 308 g/mol. The van der Waals surface area contributed by atoms with Crippen LogP contribution in [0.5, 0.6) is 0 Å². The minimum Gasteiger partial charge on any atom is -0.354 e. The fourth-order valence-corrected chi connectivity index (χ4v) is 3.11. The average Bonchev–Trinajstić information content (AvgIpc) is 3.04. The largest absolute Gasteiger partial charge is 0.354 e. The van der Waals surface area contributed by atoms with Gasteiger partial charge in [0.15, 0.2) is 0 Å². The number of rotatable bonds is 2. The molecule has 0 saturated carbocycles. The predicted octanol–water partition coefficient (Wildman–Crippen LogP) is 4.78. The van der Waals surface area contributed by atoms with Gasteiger partial charge in [0.1, 0.15) is 11.8 Å². The van der Waals surface area contributed by atoms with Crippen molar-refractivity contribution >= 4 is 10.9 Å². The molecule has 0 aliphatic heterocycles. The molecule has 0 amide bonds. The van der Waals surface area contributed by atoms with Gasteiger partial charge in [0.2, 0.25) is 0 Å². The number of nitriles is 1. The van der Waals surface area contributed by atoms with Crippen LogP contribution in [0.25, 0.3) is 33.3 Å². The third-order valence-electron chi connectivity index (χ3n) is 4.49. The minimum atomic E-state index is 0.443. The van der Waals surface area contributed by atoms with E-state index in [9.17, 15) is 0 Å². The first-order chi connectivity index (χ1) is 12.2. The van der Waals surface area contributed by atoms with E-state index in [2.05, 4.69) is 52.2 Å². The highest BCUT2D eigenvalue weighted by molar-refractivity contribution is 5.90. The summed E-state index contributed by atoms with van der Waals surface area (Å²) in [5, 5.41) is 10.1. The van der Waals surface area contributed by atoms with E-state index in [0.717, 1.165) is 38.9 Å². The van der Waals surface area contributed by atoms with E-state index in [-0.39, 0.29) is 0 Å². The number of aromatic amines is 1. The molecule has 3 aromatic heterocycles. The normalized spacial score (nSPS) is 10.8. The maximum atomic E-state index is 8.98. The van der Waals surface area contributed by atoms with Gasteiger partial charge in [-0.1, -0.05) is 6.07 Å². The Morgan fingerprint density at radius 2 is 1.84 bits per heavy atom. The first-order valence-corrected chi connectivity index (χ1v) is 8.06. The van der Waals surface area contributed by atoms with Gasteiger partial charge in [0.25, 0.3) is 0 Å². The van der Waals surface area contributed by atoms with E-state index in [1.165, 1.54) is 5.56 Å². The molecule has 0 unspecified atom stereocenters. The Morgan fingerprint density at radius 1 is 0.960 bits per heavy atom. The van der Waals surface area contributed by atoms with E-state index in [1.807, 2.05) is 25.3 Å². The summed E-state index contributed by atoms with van der Waals surface area (Å²) in [4.78, 5) is 11.9. The molecule has 0 aliphatic rings. The van der Waals surface area contributed by atoms with Crippen molar-refractivity contribution in [1.29, 1.82) is 5.26 Å². The molecule has 25 heavy (non-hydrogen) atoms. The molecule has 0 spiro atoms. The van der Waals surface area contributed by atoms with Crippen molar-refractivity contribution in [2.45, 2.75) is 13.8 Å². The standard InChI is InChI=1S/C21H16N4/c1-13-5-6-23-11-19(13)21-9-16-8-15(3-4-20(16)25-21)18-12-24-17(10-22)7-14(18)2/h3-9,11-12,25H,1-2H3. The average molecular weight is 324 g/mol. The SMILES string of the molecule is Cc1cc(C#N)ncc1-c1ccc2[nH]c(-c3cnccc3C)cc2c1. The lowest BCUT2D eigenvalue weighted by molar-refractivity contribution is 1.23. The molecule has 1 aromatic carbocycles. The lowest BCUT2D eigenvalue weighted by Crippen LogP contribution is -1.89. The van der Waals surface area contributed by atoms with Gasteiger partial charge in [-0.2, -0.15) is 5.26 Å². The van der Waals surface area contributed by atoms with Gasteiger partial charge in [-0.15, -0.1) is 0 Å². The van der Waals surface area contributed by atoms with Crippen LogP contribution in [-0.2, 0) is 0 Å². The highest BCUT2D eigenvalue weighted by Gasteiger charge is 2.09. The number of fused-ring (bicyclic) bond motifs is 1. The van der Waals surface area contributed by atoms with Crippen molar-refractivity contribution in [2.75, 3.05) is 0 Å². The van der Waals surface area contributed by atoms with Gasteiger partial charge in [0, 0.05) is 46.3 Å². The minimum absolute atomic E-state index is 0.443. The second kappa shape index (κ2) is 5.88. The summed E-state index contributed by atoms with van der Waals surface area (Å²) in [7, 11) is 0. The van der Waals surface area contributed by atoms with E-state index in [0.29, 0.717) is 5.69 Å². The number of hydrogen-bond acceptors (Lipinski definition) is 3. The second-order valence-electron chi connectivity index (χ2n) is 6.17. The number of aryl methyl sites for hydroxylation is 2. The monoisotopic (exact) mass is 324 g/mol. The topological polar surface area (TPSA) is 65.4 Å². The molecule has 4 nitrogen and oxygen atoms in total. The fourth-order valence-electron chi connectivity index (χ4n) is 3.11. The second-order valence-corrected chi connectivity index (χ2v) is 6.17. The van der Waals surface area contributed by atoms with Crippen LogP contribution in [-0.4, -0.2) is 15.0 Å². The van der Waals surface area contributed by atoms with Crippen LogP contribution in [0.4, 0.5) is 0 Å². The molecule has 0 radical (unpaired) electrons. The predicted molar refractivity (Wildman–Crippen MR) is 98.9 cm³/mol. The van der Waals surface area contributed by atoms with Crippen molar-refractivity contribution in [2.24, 2.45) is 0 Å². The lowest BCUT2D eigenvalue weighted by atomic mass is 10.0. The highest BCUT2D eigenvalue weighted by atomic mass is 14.7. The van der Waals surface area contributed by atoms with Gasteiger partial charge in [-0.25, -0.2) is 4.98 Å². The summed E-state index contributed by atoms with van der Waals surface area (Å²) < 4.78 is 0. The number of benzene rings is 1. The number of nitrogens with zero attached hydrogens (tertiary/aromatic N) is 3. The van der Waals surface area contributed by atoms with Gasteiger partial charge >= 0.3 is 0 Å². The Kier molecular flexibility index (Phi) is 3.55. The van der Waals surface area contributed by atoms with E-state index in [4.69, 9.17) is 5.26 Å². The summed E-state index contributed by atoms with van der Waals surface area (Å²) in [6.45, 7) is 4.09. The Labute approximate surface area is 145 Å². The molecule has 0 atom stereocenters. The summed E-state index contributed by atoms with van der Waals surface area (Å²) in [6, 6.07) is 14.4. The molecule has 0 saturated heterocycles. The van der Waals surface area contributed by atoms with Crippen molar-refractivity contribution < 1.29 is 0 Å². The quantitative estimate of drug-likeness (QED) is 0.577. The Balaban J connectivity index is 1.82. The summed E-state index contributed by atoms with van der Waals surface area (Å²) in [5.74, 6) is 0. The fraction of sp³-hybridized carbons (Fsp3) is 0.0952. The smallest absolute Gasteiger partial charge is 0.140 e. The van der Waals surface area contributed by atoms with Crippen molar-refractivity contribution in [1.82, 2.24) is 15.0 Å². The zero-order valence-corrected chi connectivity index (χ0v) is 14.0. The molecule has 4 heteroatoms. The Morgan fingerprint density at radius 3 is 2.60 bits per heavy atom. The summed E-state index contributed by atoms with van der Waals surface area (Å²) in [6.07, 6.45) is 5.46. The number of H-pyrrole nitrogens is 1. The van der Waals surface area contributed by atoms with Gasteiger partial charge in [0.05, 0.1) is 0 Å². The maximum Gasteiger partial charge on any atom is 0.140 e. The number of hydrogen-bond donors (Lipinski definition) is 1. The molecule has 3 heterocycles. The van der Waals surface area contributed by atoms with Crippen LogP contribution in [0.2, 0.25) is 0 Å². The van der Waals surface area contributed by atoms with E-state index in [1.54, 1.807) is 12.4 Å². The van der Waals surface area contributed by atoms with Crippen molar-refractivity contribution in [3.8, 4) is 28.5 Å². The maximum absolute atomic E-state index is 8.98. The Hall–Kier alpha value is -3.45. The lowest BCUT2D eigenvalue weighted by Gasteiger charge is -2.06. The first kappa shape index (κ1) is 15.1. The zero-order valence-electron chi connectivity index (χ0n) is 14.0. The third kappa shape index (κ3) is 2.66. The third-order valence-corrected chi connectivity index (χ3v) is 4.49. The van der Waals surface area contributed by atoms with Crippen molar-refractivity contribution in [3.05, 3.63) is 71.8 Å². The molecule has 0 bridgehead atoms. The summed E-state index contributed by atoms with van der Waals surface area (Å²) >= 11 is 0. The van der Waals surface area contributed by atoms with Crippen LogP contribution in [0.3, 0.4) is 0 Å². The van der Waals surface area contributed by atoms with Crippen LogP contribution in [0.1, 0.15) is 16.8 Å². The van der Waals surface area contributed by atoms with Crippen molar-refractivity contribution in [3.63, 3.8) is 0 Å². The Bertz CT molecular complexity index is 1130. The molecule has 4 aromatic rings. The van der Waals surface area contributed by atoms with E-state index < -0.39 is 0 Å². The van der Waals surface area contributed by atoms with Crippen LogP contribution in [0, 0.1) is 25.2 Å². The molecule has 0 aliphatic carbocycles. The molecular formula is C21H16N4.